The largest absolute Gasteiger partial charge is 0.440 e. The minimum atomic E-state index is 0.547. The normalized spacial score (nSPS) is 14.7. The molecule has 0 bridgehead atoms. The molecule has 0 spiro atoms. The molecule has 0 unspecified atom stereocenters. The fraction of sp³-hybridized carbons (Fsp3) is 0.375. The summed E-state index contributed by atoms with van der Waals surface area (Å²) >= 11 is 0. The van der Waals surface area contributed by atoms with Crippen molar-refractivity contribution in [2.24, 2.45) is 0 Å². The molecule has 3 aromatic rings. The average molecular weight is 282 g/mol. The second-order valence-corrected chi connectivity index (χ2v) is 5.49. The topological polar surface area (TPSA) is 55.9 Å². The Morgan fingerprint density at radius 3 is 3.10 bits per heavy atom. The van der Waals surface area contributed by atoms with Gasteiger partial charge in [-0.1, -0.05) is 0 Å². The zero-order chi connectivity index (χ0) is 14.2. The summed E-state index contributed by atoms with van der Waals surface area (Å²) in [6.07, 6.45) is 6.25. The third kappa shape index (κ3) is 2.39. The maximum Gasteiger partial charge on any atom is 0.198 e. The predicted octanol–water partition coefficient (Wildman–Crippen LogP) is 3.53. The molecule has 0 amide bonds. The fourth-order valence-electron chi connectivity index (χ4n) is 2.54. The second kappa shape index (κ2) is 4.91. The average Bonchev–Trinajstić information content (AvgIpc) is 3.11. The van der Waals surface area contributed by atoms with Crippen molar-refractivity contribution in [3.8, 4) is 0 Å². The second-order valence-electron chi connectivity index (χ2n) is 5.49. The molecule has 2 aromatic heterocycles. The van der Waals surface area contributed by atoms with E-state index < -0.39 is 0 Å². The minimum absolute atomic E-state index is 0.547. The van der Waals surface area contributed by atoms with Gasteiger partial charge in [-0.3, -0.25) is 0 Å². The highest BCUT2D eigenvalue weighted by molar-refractivity contribution is 5.77. The maximum absolute atomic E-state index is 5.78. The summed E-state index contributed by atoms with van der Waals surface area (Å²) in [5.41, 5.74) is 2.85. The van der Waals surface area contributed by atoms with Crippen molar-refractivity contribution in [1.82, 2.24) is 14.5 Å². The Kier molecular flexibility index (Phi) is 2.91. The van der Waals surface area contributed by atoms with E-state index in [1.54, 1.807) is 0 Å². The molecule has 1 N–H and O–H groups in total. The Morgan fingerprint density at radius 2 is 2.29 bits per heavy atom. The van der Waals surface area contributed by atoms with Crippen molar-refractivity contribution < 1.29 is 4.42 Å². The van der Waals surface area contributed by atoms with Crippen LogP contribution >= 0.6 is 0 Å². The summed E-state index contributed by atoms with van der Waals surface area (Å²) in [6.45, 7) is 3.76. The number of oxazole rings is 1. The molecular formula is C16H18N4O. The molecule has 2 heterocycles. The van der Waals surface area contributed by atoms with Gasteiger partial charge in [0.05, 0.1) is 6.54 Å². The van der Waals surface area contributed by atoms with Crippen LogP contribution in [0.1, 0.15) is 37.4 Å². The van der Waals surface area contributed by atoms with Crippen LogP contribution in [0.2, 0.25) is 0 Å². The van der Waals surface area contributed by atoms with Gasteiger partial charge in [0, 0.05) is 30.5 Å². The third-order valence-electron chi connectivity index (χ3n) is 3.92. The molecule has 0 atom stereocenters. The molecule has 4 rings (SSSR count). The zero-order valence-electron chi connectivity index (χ0n) is 12.0. The summed E-state index contributed by atoms with van der Waals surface area (Å²) in [4.78, 5) is 8.95. The number of imidazole rings is 1. The Balaban J connectivity index is 1.53. The van der Waals surface area contributed by atoms with Crippen LogP contribution in [0.3, 0.4) is 0 Å². The van der Waals surface area contributed by atoms with Crippen LogP contribution in [0, 0.1) is 0 Å². The SMILES string of the molecule is CCn1ccnc1CNc1ccc2oc(C3CC3)nc2c1. The maximum atomic E-state index is 5.78. The molecule has 1 aliphatic carbocycles. The summed E-state index contributed by atoms with van der Waals surface area (Å²) in [7, 11) is 0. The Bertz CT molecular complexity index is 770. The number of nitrogens with zero attached hydrogens (tertiary/aromatic N) is 3. The number of hydrogen-bond donors (Lipinski definition) is 1. The van der Waals surface area contributed by atoms with Gasteiger partial charge in [-0.15, -0.1) is 0 Å². The first-order valence-corrected chi connectivity index (χ1v) is 7.48. The highest BCUT2D eigenvalue weighted by atomic mass is 16.3. The predicted molar refractivity (Wildman–Crippen MR) is 81.2 cm³/mol. The van der Waals surface area contributed by atoms with E-state index >= 15 is 0 Å². The molecule has 1 fully saturated rings. The van der Waals surface area contributed by atoms with Gasteiger partial charge in [0.1, 0.15) is 11.3 Å². The highest BCUT2D eigenvalue weighted by Gasteiger charge is 2.28. The number of aryl methyl sites for hydroxylation is 1. The van der Waals surface area contributed by atoms with Crippen LogP contribution < -0.4 is 5.32 Å². The van der Waals surface area contributed by atoms with E-state index in [1.165, 1.54) is 12.8 Å². The molecular weight excluding hydrogens is 264 g/mol. The number of rotatable bonds is 5. The molecule has 1 aromatic carbocycles. The van der Waals surface area contributed by atoms with Gasteiger partial charge in [0.2, 0.25) is 0 Å². The van der Waals surface area contributed by atoms with Crippen molar-refractivity contribution in [3.05, 3.63) is 42.3 Å². The van der Waals surface area contributed by atoms with E-state index in [0.717, 1.165) is 35.0 Å². The monoisotopic (exact) mass is 282 g/mol. The fourth-order valence-corrected chi connectivity index (χ4v) is 2.54. The van der Waals surface area contributed by atoms with E-state index in [0.29, 0.717) is 12.5 Å². The van der Waals surface area contributed by atoms with Gasteiger partial charge in [0.25, 0.3) is 0 Å². The molecule has 0 saturated heterocycles. The lowest BCUT2D eigenvalue weighted by Gasteiger charge is -2.07. The number of fused-ring (bicyclic) bond motifs is 1. The molecule has 1 saturated carbocycles. The van der Waals surface area contributed by atoms with E-state index in [9.17, 15) is 0 Å². The summed E-state index contributed by atoms with van der Waals surface area (Å²) in [6, 6.07) is 6.07. The zero-order valence-corrected chi connectivity index (χ0v) is 12.0. The quantitative estimate of drug-likeness (QED) is 0.777. The van der Waals surface area contributed by atoms with Gasteiger partial charge >= 0.3 is 0 Å². The molecule has 0 aliphatic heterocycles. The number of nitrogens with one attached hydrogen (secondary N) is 1. The van der Waals surface area contributed by atoms with Gasteiger partial charge in [-0.2, -0.15) is 0 Å². The first-order chi connectivity index (χ1) is 10.3. The lowest BCUT2D eigenvalue weighted by molar-refractivity contribution is 0.533. The first kappa shape index (κ1) is 12.4. The van der Waals surface area contributed by atoms with Crippen LogP contribution in [0.5, 0.6) is 0 Å². The standard InChI is InChI=1S/C16H18N4O/c1-2-20-8-7-17-15(20)10-18-12-5-6-14-13(9-12)19-16(21-14)11-3-4-11/h5-9,11,18H,2-4,10H2,1H3. The van der Waals surface area contributed by atoms with Crippen molar-refractivity contribution in [3.63, 3.8) is 0 Å². The van der Waals surface area contributed by atoms with E-state index in [1.807, 2.05) is 30.6 Å². The molecule has 21 heavy (non-hydrogen) atoms. The van der Waals surface area contributed by atoms with Crippen LogP contribution in [-0.4, -0.2) is 14.5 Å². The van der Waals surface area contributed by atoms with Gasteiger partial charge < -0.3 is 14.3 Å². The van der Waals surface area contributed by atoms with Crippen molar-refractivity contribution in [2.75, 3.05) is 5.32 Å². The summed E-state index contributed by atoms with van der Waals surface area (Å²) < 4.78 is 7.91. The number of aromatic nitrogens is 3. The van der Waals surface area contributed by atoms with E-state index in [4.69, 9.17) is 4.42 Å². The minimum Gasteiger partial charge on any atom is -0.440 e. The van der Waals surface area contributed by atoms with E-state index in [-0.39, 0.29) is 0 Å². The number of hydrogen-bond acceptors (Lipinski definition) is 4. The van der Waals surface area contributed by atoms with Crippen LogP contribution in [0.25, 0.3) is 11.1 Å². The number of benzene rings is 1. The summed E-state index contributed by atoms with van der Waals surface area (Å²) in [5, 5.41) is 3.40. The molecule has 0 radical (unpaired) electrons. The Hall–Kier alpha value is -2.30. The summed E-state index contributed by atoms with van der Waals surface area (Å²) in [5.74, 6) is 2.48. The molecule has 1 aliphatic rings. The molecule has 5 heteroatoms. The molecule has 108 valence electrons. The van der Waals surface area contributed by atoms with Crippen LogP contribution in [-0.2, 0) is 13.1 Å². The van der Waals surface area contributed by atoms with Gasteiger partial charge in [-0.05, 0) is 38.0 Å². The van der Waals surface area contributed by atoms with Crippen LogP contribution in [0.15, 0.2) is 35.0 Å². The van der Waals surface area contributed by atoms with Gasteiger partial charge in [0.15, 0.2) is 11.5 Å². The number of anilines is 1. The lowest BCUT2D eigenvalue weighted by Crippen LogP contribution is -2.07. The lowest BCUT2D eigenvalue weighted by atomic mass is 10.3. The third-order valence-corrected chi connectivity index (χ3v) is 3.92. The smallest absolute Gasteiger partial charge is 0.198 e. The van der Waals surface area contributed by atoms with Crippen molar-refractivity contribution in [1.29, 1.82) is 0 Å². The Labute approximate surface area is 123 Å². The first-order valence-electron chi connectivity index (χ1n) is 7.48. The Morgan fingerprint density at radius 1 is 1.38 bits per heavy atom. The van der Waals surface area contributed by atoms with Gasteiger partial charge in [-0.25, -0.2) is 9.97 Å². The van der Waals surface area contributed by atoms with E-state index in [2.05, 4.69) is 26.8 Å². The van der Waals surface area contributed by atoms with Crippen molar-refractivity contribution >= 4 is 16.8 Å². The van der Waals surface area contributed by atoms with Crippen molar-refractivity contribution in [2.45, 2.75) is 38.8 Å². The van der Waals surface area contributed by atoms with Crippen LogP contribution in [0.4, 0.5) is 5.69 Å². The highest BCUT2D eigenvalue weighted by Crippen LogP contribution is 2.40. The molecule has 5 nitrogen and oxygen atoms in total.